The zero-order chi connectivity index (χ0) is 19.4. The number of rotatable bonds is 6. The third kappa shape index (κ3) is 4.17. The summed E-state index contributed by atoms with van der Waals surface area (Å²) in [5.74, 6) is 1.12. The van der Waals surface area contributed by atoms with Crippen LogP contribution in [0.1, 0.15) is 35.7 Å². The fourth-order valence-electron chi connectivity index (χ4n) is 3.08. The Bertz CT molecular complexity index is 962. The molecule has 2 N–H and O–H groups in total. The summed E-state index contributed by atoms with van der Waals surface area (Å²) in [5, 5.41) is 7.27. The molecular weight excluding hydrogens is 362 g/mol. The molecule has 0 saturated carbocycles. The summed E-state index contributed by atoms with van der Waals surface area (Å²) >= 11 is 5.90. The van der Waals surface area contributed by atoms with E-state index in [1.807, 2.05) is 12.1 Å². The van der Waals surface area contributed by atoms with Crippen molar-refractivity contribution in [2.24, 2.45) is 5.92 Å². The monoisotopic (exact) mass is 383 g/mol. The highest BCUT2D eigenvalue weighted by Crippen LogP contribution is 2.31. The van der Waals surface area contributed by atoms with E-state index in [0.717, 1.165) is 23.0 Å². The maximum Gasteiger partial charge on any atom is 0.251 e. The molecule has 0 radical (unpaired) electrons. The van der Waals surface area contributed by atoms with Gasteiger partial charge in [-0.3, -0.25) is 9.78 Å². The molecule has 0 fully saturated rings. The van der Waals surface area contributed by atoms with Crippen molar-refractivity contribution in [2.75, 3.05) is 18.9 Å². The van der Waals surface area contributed by atoms with Gasteiger partial charge in [-0.05, 0) is 23.5 Å². The van der Waals surface area contributed by atoms with Crippen molar-refractivity contribution >= 4 is 34.2 Å². The summed E-state index contributed by atoms with van der Waals surface area (Å²) in [6.45, 7) is 5.06. The zero-order valence-corrected chi connectivity index (χ0v) is 16.3. The molecule has 2 atom stereocenters. The molecule has 6 nitrogen and oxygen atoms in total. The summed E-state index contributed by atoms with van der Waals surface area (Å²) in [6.07, 6.45) is 3.13. The molecule has 3 rings (SSSR count). The second kappa shape index (κ2) is 8.31. The van der Waals surface area contributed by atoms with Crippen LogP contribution >= 0.6 is 11.6 Å². The number of benzene rings is 1. The molecule has 0 aliphatic heterocycles. The Morgan fingerprint density at radius 1 is 1.19 bits per heavy atom. The van der Waals surface area contributed by atoms with Crippen molar-refractivity contribution in [1.82, 2.24) is 20.3 Å². The molecule has 7 heteroatoms. The predicted octanol–water partition coefficient (Wildman–Crippen LogP) is 3.89. The molecule has 1 amide bonds. The highest BCUT2D eigenvalue weighted by Gasteiger charge is 2.19. The SMILES string of the molecule is CNC(=O)c1ccnc2c([C@H](C)C(C)CNc3cc(Cl)ncn3)cccc12. The summed E-state index contributed by atoms with van der Waals surface area (Å²) in [4.78, 5) is 24.8. The van der Waals surface area contributed by atoms with Gasteiger partial charge in [-0.15, -0.1) is 0 Å². The Kier molecular flexibility index (Phi) is 5.86. The van der Waals surface area contributed by atoms with Crippen molar-refractivity contribution in [3.8, 4) is 0 Å². The minimum Gasteiger partial charge on any atom is -0.370 e. The molecule has 2 aromatic heterocycles. The second-order valence-corrected chi connectivity index (χ2v) is 6.94. The lowest BCUT2D eigenvalue weighted by Crippen LogP contribution is -2.19. The number of carbonyl (C=O) groups excluding carboxylic acids is 1. The minimum atomic E-state index is -0.109. The molecule has 3 aromatic rings. The lowest BCUT2D eigenvalue weighted by Gasteiger charge is -2.22. The van der Waals surface area contributed by atoms with E-state index in [0.29, 0.717) is 22.5 Å². The third-order valence-electron chi connectivity index (χ3n) is 4.86. The molecule has 0 bridgehead atoms. The first kappa shape index (κ1) is 19.0. The van der Waals surface area contributed by atoms with Crippen LogP contribution in [0.4, 0.5) is 5.82 Å². The van der Waals surface area contributed by atoms with E-state index >= 15 is 0 Å². The largest absolute Gasteiger partial charge is 0.370 e. The Morgan fingerprint density at radius 3 is 2.74 bits per heavy atom. The molecule has 2 heterocycles. The zero-order valence-electron chi connectivity index (χ0n) is 15.5. The normalized spacial score (nSPS) is 13.2. The van der Waals surface area contributed by atoms with Crippen LogP contribution in [0.5, 0.6) is 0 Å². The van der Waals surface area contributed by atoms with Crippen LogP contribution in [0.25, 0.3) is 10.9 Å². The Balaban J connectivity index is 1.84. The van der Waals surface area contributed by atoms with Crippen LogP contribution in [-0.4, -0.2) is 34.5 Å². The number of hydrogen-bond donors (Lipinski definition) is 2. The van der Waals surface area contributed by atoms with Crippen molar-refractivity contribution < 1.29 is 4.79 Å². The van der Waals surface area contributed by atoms with E-state index in [1.165, 1.54) is 6.33 Å². The number of nitrogens with zero attached hydrogens (tertiary/aromatic N) is 3. The van der Waals surface area contributed by atoms with Crippen molar-refractivity contribution in [3.63, 3.8) is 0 Å². The summed E-state index contributed by atoms with van der Waals surface area (Å²) in [6, 6.07) is 9.45. The lowest BCUT2D eigenvalue weighted by molar-refractivity contribution is 0.0964. The number of nitrogens with one attached hydrogen (secondary N) is 2. The van der Waals surface area contributed by atoms with Gasteiger partial charge in [0, 0.05) is 31.2 Å². The smallest absolute Gasteiger partial charge is 0.251 e. The summed E-state index contributed by atoms with van der Waals surface area (Å²) < 4.78 is 0. The molecule has 0 aliphatic carbocycles. The average Bonchev–Trinajstić information content (AvgIpc) is 2.70. The van der Waals surface area contributed by atoms with E-state index in [9.17, 15) is 4.79 Å². The van der Waals surface area contributed by atoms with Gasteiger partial charge >= 0.3 is 0 Å². The van der Waals surface area contributed by atoms with Crippen LogP contribution < -0.4 is 10.6 Å². The first-order valence-electron chi connectivity index (χ1n) is 8.82. The molecule has 1 aromatic carbocycles. The maximum atomic E-state index is 12.2. The number of hydrogen-bond acceptors (Lipinski definition) is 5. The Morgan fingerprint density at radius 2 is 2.00 bits per heavy atom. The number of fused-ring (bicyclic) bond motifs is 1. The van der Waals surface area contributed by atoms with Crippen LogP contribution in [0.2, 0.25) is 5.15 Å². The molecule has 0 spiro atoms. The molecule has 0 aliphatic rings. The van der Waals surface area contributed by atoms with Gasteiger partial charge in [0.15, 0.2) is 0 Å². The molecule has 0 saturated heterocycles. The van der Waals surface area contributed by atoms with Crippen molar-refractivity contribution in [3.05, 3.63) is 59.1 Å². The van der Waals surface area contributed by atoms with Crippen LogP contribution in [0.15, 0.2) is 42.9 Å². The Labute approximate surface area is 163 Å². The third-order valence-corrected chi connectivity index (χ3v) is 5.06. The van der Waals surface area contributed by atoms with Gasteiger partial charge in [-0.25, -0.2) is 9.97 Å². The van der Waals surface area contributed by atoms with Crippen LogP contribution in [0, 0.1) is 5.92 Å². The number of anilines is 1. The van der Waals surface area contributed by atoms with E-state index in [-0.39, 0.29) is 11.8 Å². The van der Waals surface area contributed by atoms with Gasteiger partial charge in [0.05, 0.1) is 11.1 Å². The van der Waals surface area contributed by atoms with Crippen molar-refractivity contribution in [1.29, 1.82) is 0 Å². The second-order valence-electron chi connectivity index (χ2n) is 6.55. The van der Waals surface area contributed by atoms with Crippen LogP contribution in [-0.2, 0) is 0 Å². The number of aromatic nitrogens is 3. The Hall–Kier alpha value is -2.73. The predicted molar refractivity (Wildman–Crippen MR) is 108 cm³/mol. The topological polar surface area (TPSA) is 79.8 Å². The van der Waals surface area contributed by atoms with Crippen LogP contribution in [0.3, 0.4) is 0 Å². The van der Waals surface area contributed by atoms with Gasteiger partial charge < -0.3 is 10.6 Å². The van der Waals surface area contributed by atoms with E-state index in [1.54, 1.807) is 25.4 Å². The number of carbonyl (C=O) groups is 1. The minimum absolute atomic E-state index is 0.109. The first-order valence-corrected chi connectivity index (χ1v) is 9.20. The average molecular weight is 384 g/mol. The molecular formula is C20H22ClN5O. The summed E-state index contributed by atoms with van der Waals surface area (Å²) in [7, 11) is 1.63. The van der Waals surface area contributed by atoms with Crippen molar-refractivity contribution in [2.45, 2.75) is 19.8 Å². The quantitative estimate of drug-likeness (QED) is 0.631. The van der Waals surface area contributed by atoms with Gasteiger partial charge in [0.25, 0.3) is 5.91 Å². The lowest BCUT2D eigenvalue weighted by atomic mass is 9.87. The van der Waals surface area contributed by atoms with Gasteiger partial charge in [0.1, 0.15) is 17.3 Å². The number of amides is 1. The number of para-hydroxylation sites is 1. The van der Waals surface area contributed by atoms with Gasteiger partial charge in [-0.1, -0.05) is 43.6 Å². The van der Waals surface area contributed by atoms with E-state index in [4.69, 9.17) is 11.6 Å². The number of halogens is 1. The van der Waals surface area contributed by atoms with Gasteiger partial charge in [0.2, 0.25) is 0 Å². The first-order chi connectivity index (χ1) is 13.0. The fraction of sp³-hybridized carbons (Fsp3) is 0.300. The highest BCUT2D eigenvalue weighted by molar-refractivity contribution is 6.29. The maximum absolute atomic E-state index is 12.2. The highest BCUT2D eigenvalue weighted by atomic mass is 35.5. The molecule has 1 unspecified atom stereocenters. The van der Waals surface area contributed by atoms with E-state index < -0.39 is 0 Å². The molecule has 140 valence electrons. The number of pyridine rings is 1. The standard InChI is InChI=1S/C20H22ClN5O/c1-12(10-24-18-9-17(21)25-11-26-18)13(2)14-5-4-6-15-16(20(27)22-3)7-8-23-19(14)15/h4-9,11-13H,10H2,1-3H3,(H,22,27)(H,24,25,26)/t12?,13-/m1/s1. The summed E-state index contributed by atoms with van der Waals surface area (Å²) in [5.41, 5.74) is 2.62. The fourth-order valence-corrected chi connectivity index (χ4v) is 3.23. The van der Waals surface area contributed by atoms with Gasteiger partial charge in [-0.2, -0.15) is 0 Å². The van der Waals surface area contributed by atoms with E-state index in [2.05, 4.69) is 45.5 Å². The molecule has 27 heavy (non-hydrogen) atoms.